The summed E-state index contributed by atoms with van der Waals surface area (Å²) in [6.45, 7) is 0.501. The van der Waals surface area contributed by atoms with Crippen LogP contribution in [-0.2, 0) is 0 Å². The van der Waals surface area contributed by atoms with Crippen molar-refractivity contribution in [2.45, 2.75) is 31.3 Å². The van der Waals surface area contributed by atoms with E-state index in [0.29, 0.717) is 6.54 Å². The van der Waals surface area contributed by atoms with Gasteiger partial charge in [0.25, 0.3) is 5.69 Å². The van der Waals surface area contributed by atoms with Crippen LogP contribution in [0.25, 0.3) is 0 Å². The molecule has 1 aromatic rings. The van der Waals surface area contributed by atoms with Crippen LogP contribution in [0.3, 0.4) is 0 Å². The largest absolute Gasteiger partial charge is 0.388 e. The standard InChI is InChI=1S/C12H15IN2O3/c13-10-7-9(15(17)18)3-4-11(10)14-8-12(16)5-1-2-6-12/h3-4,7,14,16H,1-2,5-6,8H2. The monoisotopic (exact) mass is 362 g/mol. The van der Waals surface area contributed by atoms with E-state index >= 15 is 0 Å². The van der Waals surface area contributed by atoms with Gasteiger partial charge in [-0.2, -0.15) is 0 Å². The van der Waals surface area contributed by atoms with E-state index in [0.717, 1.165) is 34.9 Å². The molecular weight excluding hydrogens is 347 g/mol. The number of anilines is 1. The molecule has 0 heterocycles. The molecule has 2 N–H and O–H groups in total. The normalized spacial score (nSPS) is 17.7. The molecule has 5 nitrogen and oxygen atoms in total. The van der Waals surface area contributed by atoms with E-state index < -0.39 is 10.5 Å². The highest BCUT2D eigenvalue weighted by molar-refractivity contribution is 14.1. The second kappa shape index (κ2) is 5.40. The summed E-state index contributed by atoms with van der Waals surface area (Å²) in [6, 6.07) is 4.70. The third-order valence-electron chi connectivity index (χ3n) is 3.31. The van der Waals surface area contributed by atoms with Crippen LogP contribution in [0.15, 0.2) is 18.2 Å². The Morgan fingerprint density at radius 3 is 2.67 bits per heavy atom. The van der Waals surface area contributed by atoms with Crippen LogP contribution in [0.5, 0.6) is 0 Å². The summed E-state index contributed by atoms with van der Waals surface area (Å²) in [4.78, 5) is 10.2. The number of halogens is 1. The molecular formula is C12H15IN2O3. The first kappa shape index (κ1) is 13.5. The smallest absolute Gasteiger partial charge is 0.270 e. The molecule has 0 saturated heterocycles. The highest BCUT2D eigenvalue weighted by Crippen LogP contribution is 2.30. The van der Waals surface area contributed by atoms with Gasteiger partial charge in [-0.05, 0) is 41.5 Å². The molecule has 2 rings (SSSR count). The molecule has 0 unspecified atom stereocenters. The molecule has 98 valence electrons. The number of benzene rings is 1. The summed E-state index contributed by atoms with van der Waals surface area (Å²) in [5.74, 6) is 0. The fourth-order valence-electron chi connectivity index (χ4n) is 2.23. The maximum atomic E-state index is 10.6. The van der Waals surface area contributed by atoms with Crippen LogP contribution < -0.4 is 5.32 Å². The predicted octanol–water partition coefficient (Wildman–Crippen LogP) is 2.92. The van der Waals surface area contributed by atoms with Gasteiger partial charge in [-0.25, -0.2) is 0 Å². The van der Waals surface area contributed by atoms with Crippen molar-refractivity contribution in [3.8, 4) is 0 Å². The quantitative estimate of drug-likeness (QED) is 0.491. The lowest BCUT2D eigenvalue weighted by Crippen LogP contribution is -2.33. The molecule has 0 atom stereocenters. The number of hydrogen-bond acceptors (Lipinski definition) is 4. The van der Waals surface area contributed by atoms with E-state index in [9.17, 15) is 15.2 Å². The Labute approximate surface area is 119 Å². The molecule has 18 heavy (non-hydrogen) atoms. The minimum atomic E-state index is -0.620. The first-order valence-electron chi connectivity index (χ1n) is 5.90. The third-order valence-corrected chi connectivity index (χ3v) is 4.20. The summed E-state index contributed by atoms with van der Waals surface area (Å²) in [7, 11) is 0. The molecule has 0 spiro atoms. The SMILES string of the molecule is O=[N+]([O-])c1ccc(NCC2(O)CCCC2)c(I)c1. The maximum Gasteiger partial charge on any atom is 0.270 e. The molecule has 0 bridgehead atoms. The van der Waals surface area contributed by atoms with Gasteiger partial charge in [-0.1, -0.05) is 12.8 Å². The zero-order valence-electron chi connectivity index (χ0n) is 9.86. The van der Waals surface area contributed by atoms with Crippen molar-refractivity contribution in [1.82, 2.24) is 0 Å². The molecule has 0 amide bonds. The number of non-ortho nitro benzene ring substituents is 1. The minimum Gasteiger partial charge on any atom is -0.388 e. The van der Waals surface area contributed by atoms with Crippen molar-refractivity contribution in [3.63, 3.8) is 0 Å². The van der Waals surface area contributed by atoms with Gasteiger partial charge in [0.05, 0.1) is 10.5 Å². The average molecular weight is 362 g/mol. The molecule has 1 fully saturated rings. The summed E-state index contributed by atoms with van der Waals surface area (Å²) < 4.78 is 0.795. The zero-order chi connectivity index (χ0) is 13.2. The van der Waals surface area contributed by atoms with E-state index in [1.54, 1.807) is 6.07 Å². The topological polar surface area (TPSA) is 75.4 Å². The van der Waals surface area contributed by atoms with Crippen molar-refractivity contribution >= 4 is 34.0 Å². The summed E-state index contributed by atoms with van der Waals surface area (Å²) in [5, 5.41) is 24.0. The molecule has 1 saturated carbocycles. The first-order chi connectivity index (χ1) is 8.50. The number of nitrogens with zero attached hydrogens (tertiary/aromatic N) is 1. The minimum absolute atomic E-state index is 0.0875. The van der Waals surface area contributed by atoms with Gasteiger partial charge in [0, 0.05) is 27.9 Å². The highest BCUT2D eigenvalue weighted by Gasteiger charge is 2.30. The number of aliphatic hydroxyl groups is 1. The van der Waals surface area contributed by atoms with Gasteiger partial charge in [-0.3, -0.25) is 10.1 Å². The van der Waals surface area contributed by atoms with Crippen LogP contribution in [0.1, 0.15) is 25.7 Å². The van der Waals surface area contributed by atoms with E-state index in [1.807, 2.05) is 0 Å². The number of rotatable bonds is 4. The zero-order valence-corrected chi connectivity index (χ0v) is 12.0. The Morgan fingerprint density at radius 2 is 2.11 bits per heavy atom. The fraction of sp³-hybridized carbons (Fsp3) is 0.500. The van der Waals surface area contributed by atoms with Gasteiger partial charge in [0.2, 0.25) is 0 Å². The van der Waals surface area contributed by atoms with Gasteiger partial charge in [0.1, 0.15) is 0 Å². The number of hydrogen-bond donors (Lipinski definition) is 2. The number of nitro groups is 1. The van der Waals surface area contributed by atoms with E-state index in [-0.39, 0.29) is 5.69 Å². The van der Waals surface area contributed by atoms with E-state index in [1.165, 1.54) is 12.1 Å². The predicted molar refractivity (Wildman–Crippen MR) is 77.7 cm³/mol. The summed E-state index contributed by atoms with van der Waals surface area (Å²) >= 11 is 2.06. The van der Waals surface area contributed by atoms with Crippen molar-refractivity contribution in [2.24, 2.45) is 0 Å². The molecule has 1 aliphatic carbocycles. The molecule has 1 aromatic carbocycles. The van der Waals surface area contributed by atoms with Crippen molar-refractivity contribution in [3.05, 3.63) is 31.9 Å². The van der Waals surface area contributed by atoms with Gasteiger partial charge >= 0.3 is 0 Å². The summed E-state index contributed by atoms with van der Waals surface area (Å²) in [6.07, 6.45) is 3.78. The van der Waals surface area contributed by atoms with Gasteiger partial charge < -0.3 is 10.4 Å². The molecule has 0 aliphatic heterocycles. The van der Waals surface area contributed by atoms with Crippen LogP contribution in [0, 0.1) is 13.7 Å². The maximum absolute atomic E-state index is 10.6. The van der Waals surface area contributed by atoms with Gasteiger partial charge in [0.15, 0.2) is 0 Å². The van der Waals surface area contributed by atoms with E-state index in [4.69, 9.17) is 0 Å². The Balaban J connectivity index is 2.03. The lowest BCUT2D eigenvalue weighted by molar-refractivity contribution is -0.384. The Hall–Kier alpha value is -0.890. The number of nitrogens with one attached hydrogen (secondary N) is 1. The lowest BCUT2D eigenvalue weighted by atomic mass is 10.0. The van der Waals surface area contributed by atoms with Crippen LogP contribution in [0.4, 0.5) is 11.4 Å². The first-order valence-corrected chi connectivity index (χ1v) is 6.98. The summed E-state index contributed by atoms with van der Waals surface area (Å²) in [5.41, 5.74) is 0.302. The van der Waals surface area contributed by atoms with Crippen LogP contribution >= 0.6 is 22.6 Å². The van der Waals surface area contributed by atoms with E-state index in [2.05, 4.69) is 27.9 Å². The second-order valence-corrected chi connectivity index (χ2v) is 5.87. The Kier molecular flexibility index (Phi) is 4.06. The Morgan fingerprint density at radius 1 is 1.44 bits per heavy atom. The molecule has 6 heteroatoms. The van der Waals surface area contributed by atoms with Crippen molar-refractivity contribution in [2.75, 3.05) is 11.9 Å². The number of nitro benzene ring substituents is 1. The third kappa shape index (κ3) is 3.11. The average Bonchev–Trinajstić information content (AvgIpc) is 2.75. The molecule has 0 aromatic heterocycles. The van der Waals surface area contributed by atoms with Crippen molar-refractivity contribution in [1.29, 1.82) is 0 Å². The highest BCUT2D eigenvalue weighted by atomic mass is 127. The van der Waals surface area contributed by atoms with Crippen molar-refractivity contribution < 1.29 is 10.0 Å². The van der Waals surface area contributed by atoms with Crippen LogP contribution in [0.2, 0.25) is 0 Å². The van der Waals surface area contributed by atoms with Crippen LogP contribution in [-0.4, -0.2) is 22.2 Å². The second-order valence-electron chi connectivity index (χ2n) is 4.71. The fourth-order valence-corrected chi connectivity index (χ4v) is 2.92. The molecule has 0 radical (unpaired) electrons. The molecule has 1 aliphatic rings. The lowest BCUT2D eigenvalue weighted by Gasteiger charge is -2.23. The Bertz CT molecular complexity index is 459. The van der Waals surface area contributed by atoms with Gasteiger partial charge in [-0.15, -0.1) is 0 Å².